The Morgan fingerprint density at radius 3 is 2.62 bits per heavy atom. The SMILES string of the molecule is Cl.N[C@@]1(CCC2C(=O)NC(=O)N(C3CCOCC3)C2=O)CCOc2ccccc21. The molecule has 4 rings (SSSR count). The minimum absolute atomic E-state index is 0. The lowest BCUT2D eigenvalue weighted by atomic mass is 9.79. The molecule has 4 amide bonds. The Bertz CT molecular complexity index is 798. The molecule has 3 aliphatic rings. The fraction of sp³-hybridized carbons (Fsp3) is 0.550. The molecule has 2 saturated heterocycles. The van der Waals surface area contributed by atoms with Crippen LogP contribution in [0.3, 0.4) is 0 Å². The van der Waals surface area contributed by atoms with Crippen molar-refractivity contribution >= 4 is 30.3 Å². The number of urea groups is 1. The van der Waals surface area contributed by atoms with Gasteiger partial charge in [-0.1, -0.05) is 18.2 Å². The summed E-state index contributed by atoms with van der Waals surface area (Å²) < 4.78 is 11.0. The molecule has 0 bridgehead atoms. The van der Waals surface area contributed by atoms with Crippen LogP contribution in [0.5, 0.6) is 5.75 Å². The predicted octanol–water partition coefficient (Wildman–Crippen LogP) is 1.70. The number of carbonyl (C=O) groups is 3. The zero-order valence-corrected chi connectivity index (χ0v) is 16.9. The predicted molar refractivity (Wildman–Crippen MR) is 107 cm³/mol. The van der Waals surface area contributed by atoms with Crippen LogP contribution in [-0.2, 0) is 19.9 Å². The number of rotatable bonds is 4. The lowest BCUT2D eigenvalue weighted by Crippen LogP contribution is -2.61. The Kier molecular flexibility index (Phi) is 6.45. The van der Waals surface area contributed by atoms with Gasteiger partial charge in [-0.3, -0.25) is 19.8 Å². The van der Waals surface area contributed by atoms with Gasteiger partial charge in [0.25, 0.3) is 0 Å². The van der Waals surface area contributed by atoms with Gasteiger partial charge in [0.2, 0.25) is 11.8 Å². The van der Waals surface area contributed by atoms with Crippen LogP contribution in [-0.4, -0.2) is 48.6 Å². The lowest BCUT2D eigenvalue weighted by Gasteiger charge is -2.39. The third-order valence-electron chi connectivity index (χ3n) is 5.97. The number of nitrogens with two attached hydrogens (primary N) is 1. The molecule has 158 valence electrons. The molecule has 3 aliphatic heterocycles. The highest BCUT2D eigenvalue weighted by molar-refractivity contribution is 6.16. The van der Waals surface area contributed by atoms with Crippen LogP contribution in [0.4, 0.5) is 4.79 Å². The highest BCUT2D eigenvalue weighted by Crippen LogP contribution is 2.39. The summed E-state index contributed by atoms with van der Waals surface area (Å²) in [5.74, 6) is -1.13. The van der Waals surface area contributed by atoms with Crippen molar-refractivity contribution in [1.29, 1.82) is 0 Å². The Hall–Kier alpha value is -2.16. The number of fused-ring (bicyclic) bond motifs is 1. The minimum Gasteiger partial charge on any atom is -0.493 e. The van der Waals surface area contributed by atoms with Gasteiger partial charge >= 0.3 is 6.03 Å². The third kappa shape index (κ3) is 4.10. The average Bonchev–Trinajstić information content (AvgIpc) is 2.69. The normalized spacial score (nSPS) is 27.6. The van der Waals surface area contributed by atoms with Crippen LogP contribution in [0.1, 0.15) is 37.7 Å². The van der Waals surface area contributed by atoms with E-state index in [0.717, 1.165) is 11.3 Å². The van der Waals surface area contributed by atoms with E-state index in [2.05, 4.69) is 5.32 Å². The van der Waals surface area contributed by atoms with E-state index in [1.807, 2.05) is 24.3 Å². The third-order valence-corrected chi connectivity index (χ3v) is 5.97. The van der Waals surface area contributed by atoms with Gasteiger partial charge in [0.1, 0.15) is 11.7 Å². The molecule has 2 fully saturated rings. The molecule has 0 saturated carbocycles. The summed E-state index contributed by atoms with van der Waals surface area (Å²) in [6, 6.07) is 6.73. The van der Waals surface area contributed by atoms with E-state index in [9.17, 15) is 14.4 Å². The number of amides is 4. The van der Waals surface area contributed by atoms with Gasteiger partial charge in [0, 0.05) is 36.8 Å². The quantitative estimate of drug-likeness (QED) is 0.713. The second-order valence-electron chi connectivity index (χ2n) is 7.69. The van der Waals surface area contributed by atoms with E-state index >= 15 is 0 Å². The van der Waals surface area contributed by atoms with Gasteiger partial charge in [-0.15, -0.1) is 12.4 Å². The Balaban J connectivity index is 0.00000240. The summed E-state index contributed by atoms with van der Waals surface area (Å²) in [4.78, 5) is 38.9. The number of hydrogen-bond acceptors (Lipinski definition) is 6. The van der Waals surface area contributed by atoms with Crippen LogP contribution in [0, 0.1) is 5.92 Å². The van der Waals surface area contributed by atoms with Crippen molar-refractivity contribution in [1.82, 2.24) is 10.2 Å². The monoisotopic (exact) mass is 423 g/mol. The second-order valence-corrected chi connectivity index (χ2v) is 7.69. The van der Waals surface area contributed by atoms with E-state index in [0.29, 0.717) is 45.5 Å². The molecular formula is C20H26ClN3O5. The van der Waals surface area contributed by atoms with Crippen molar-refractivity contribution in [3.05, 3.63) is 29.8 Å². The maximum Gasteiger partial charge on any atom is 0.331 e. The Morgan fingerprint density at radius 1 is 1.14 bits per heavy atom. The number of nitrogens with zero attached hydrogens (tertiary/aromatic N) is 1. The first-order valence-corrected chi connectivity index (χ1v) is 9.76. The number of nitrogens with one attached hydrogen (secondary N) is 1. The first-order valence-electron chi connectivity index (χ1n) is 9.76. The van der Waals surface area contributed by atoms with E-state index in [1.54, 1.807) is 0 Å². The molecule has 1 unspecified atom stereocenters. The summed E-state index contributed by atoms with van der Waals surface area (Å²) in [5, 5.41) is 2.35. The summed E-state index contributed by atoms with van der Waals surface area (Å²) in [5.41, 5.74) is 6.89. The standard InChI is InChI=1S/C20H25N3O5.ClH/c21-20(9-12-28-16-4-2-1-3-15(16)20)8-5-14-17(24)22-19(26)23(18(14)25)13-6-10-27-11-7-13;/h1-4,13-14H,5-12,21H2,(H,22,24,26);1H/t14?,20-;/m0./s1. The number of carbonyl (C=O) groups excluding carboxylic acids is 3. The van der Waals surface area contributed by atoms with Crippen LogP contribution >= 0.6 is 12.4 Å². The van der Waals surface area contributed by atoms with Gasteiger partial charge < -0.3 is 15.2 Å². The van der Waals surface area contributed by atoms with E-state index < -0.39 is 29.3 Å². The molecule has 29 heavy (non-hydrogen) atoms. The molecule has 0 radical (unpaired) electrons. The molecule has 0 aliphatic carbocycles. The molecule has 0 spiro atoms. The maximum absolute atomic E-state index is 13.0. The van der Waals surface area contributed by atoms with Gasteiger partial charge in [-0.25, -0.2) is 4.79 Å². The molecular weight excluding hydrogens is 398 g/mol. The Morgan fingerprint density at radius 2 is 1.86 bits per heavy atom. The van der Waals surface area contributed by atoms with Crippen molar-refractivity contribution in [2.45, 2.75) is 43.7 Å². The summed E-state index contributed by atoms with van der Waals surface area (Å²) in [6.45, 7) is 1.50. The topological polar surface area (TPSA) is 111 Å². The Labute approximate surface area is 175 Å². The smallest absolute Gasteiger partial charge is 0.331 e. The lowest BCUT2D eigenvalue weighted by molar-refractivity contribution is -0.145. The van der Waals surface area contributed by atoms with Crippen LogP contribution in [0.2, 0.25) is 0 Å². The minimum atomic E-state index is -0.907. The number of para-hydroxylation sites is 1. The zero-order valence-electron chi connectivity index (χ0n) is 16.1. The molecule has 0 aromatic heterocycles. The number of imide groups is 2. The van der Waals surface area contributed by atoms with Crippen molar-refractivity contribution in [3.63, 3.8) is 0 Å². The van der Waals surface area contributed by atoms with Gasteiger partial charge in [0.15, 0.2) is 0 Å². The summed E-state index contributed by atoms with van der Waals surface area (Å²) >= 11 is 0. The molecule has 2 atom stereocenters. The molecule has 3 N–H and O–H groups in total. The van der Waals surface area contributed by atoms with Crippen LogP contribution in [0.25, 0.3) is 0 Å². The van der Waals surface area contributed by atoms with Crippen molar-refractivity contribution in [2.75, 3.05) is 19.8 Å². The second kappa shape index (κ2) is 8.69. The largest absolute Gasteiger partial charge is 0.493 e. The first-order chi connectivity index (χ1) is 13.5. The summed E-state index contributed by atoms with van der Waals surface area (Å²) in [6.07, 6.45) is 2.52. The first kappa shape index (κ1) is 21.5. The number of hydrogen-bond donors (Lipinski definition) is 2. The van der Waals surface area contributed by atoms with E-state index in [4.69, 9.17) is 15.2 Å². The van der Waals surface area contributed by atoms with E-state index in [-0.39, 0.29) is 24.9 Å². The van der Waals surface area contributed by atoms with Crippen molar-refractivity contribution < 1.29 is 23.9 Å². The fourth-order valence-corrected chi connectivity index (χ4v) is 4.32. The fourth-order valence-electron chi connectivity index (χ4n) is 4.32. The van der Waals surface area contributed by atoms with Crippen LogP contribution in [0.15, 0.2) is 24.3 Å². The van der Waals surface area contributed by atoms with E-state index in [1.165, 1.54) is 4.90 Å². The van der Waals surface area contributed by atoms with Gasteiger partial charge in [-0.2, -0.15) is 0 Å². The molecule has 1 aromatic rings. The zero-order chi connectivity index (χ0) is 19.7. The number of benzene rings is 1. The van der Waals surface area contributed by atoms with Crippen molar-refractivity contribution in [2.24, 2.45) is 11.7 Å². The summed E-state index contributed by atoms with van der Waals surface area (Å²) in [7, 11) is 0. The highest BCUT2D eigenvalue weighted by Gasteiger charge is 2.45. The molecule has 3 heterocycles. The van der Waals surface area contributed by atoms with Gasteiger partial charge in [-0.05, 0) is 31.7 Å². The van der Waals surface area contributed by atoms with Crippen molar-refractivity contribution in [3.8, 4) is 5.75 Å². The molecule has 9 heteroatoms. The molecule has 8 nitrogen and oxygen atoms in total. The van der Waals surface area contributed by atoms with Crippen LogP contribution < -0.4 is 15.8 Å². The van der Waals surface area contributed by atoms with Gasteiger partial charge in [0.05, 0.1) is 6.61 Å². The average molecular weight is 424 g/mol. The number of halogens is 1. The highest BCUT2D eigenvalue weighted by atomic mass is 35.5. The molecule has 1 aromatic carbocycles. The number of barbiturate groups is 1. The number of ether oxygens (including phenoxy) is 2. The maximum atomic E-state index is 13.0.